The molecule has 0 atom stereocenters. The van der Waals surface area contributed by atoms with Gasteiger partial charge in [0, 0.05) is 17.3 Å². The molecule has 0 spiro atoms. The van der Waals surface area contributed by atoms with Gasteiger partial charge in [-0.2, -0.15) is 0 Å². The van der Waals surface area contributed by atoms with Crippen LogP contribution < -0.4 is 10.1 Å². The van der Waals surface area contributed by atoms with Gasteiger partial charge in [0.25, 0.3) is 5.91 Å². The summed E-state index contributed by atoms with van der Waals surface area (Å²) in [6.07, 6.45) is 1.62. The molecule has 0 fully saturated rings. The van der Waals surface area contributed by atoms with E-state index in [2.05, 4.69) is 10.3 Å². The van der Waals surface area contributed by atoms with Crippen LogP contribution >= 0.6 is 11.6 Å². The topological polar surface area (TPSA) is 51.2 Å². The molecule has 0 aliphatic heterocycles. The molecule has 0 unspecified atom stereocenters. The van der Waals surface area contributed by atoms with Gasteiger partial charge in [0.05, 0.1) is 5.02 Å². The first-order valence-electron chi connectivity index (χ1n) is 6.85. The SMILES string of the molecule is O=C(COc1ccc(Cl)c2cccnc12)Nc1cccc(F)c1. The molecule has 0 saturated carbocycles. The molecule has 3 rings (SSSR count). The van der Waals surface area contributed by atoms with Gasteiger partial charge in [-0.3, -0.25) is 9.78 Å². The van der Waals surface area contributed by atoms with E-state index in [1.807, 2.05) is 6.07 Å². The van der Waals surface area contributed by atoms with E-state index < -0.39 is 11.7 Å². The molecule has 6 heteroatoms. The Hall–Kier alpha value is -2.66. The minimum absolute atomic E-state index is 0.218. The highest BCUT2D eigenvalue weighted by Crippen LogP contribution is 2.29. The number of carbonyl (C=O) groups is 1. The lowest BCUT2D eigenvalue weighted by Crippen LogP contribution is -2.20. The quantitative estimate of drug-likeness (QED) is 0.785. The first kappa shape index (κ1) is 15.2. The maximum absolute atomic E-state index is 13.1. The van der Waals surface area contributed by atoms with Crippen molar-refractivity contribution in [3.8, 4) is 5.75 Å². The smallest absolute Gasteiger partial charge is 0.262 e. The standard InChI is InChI=1S/C17H12ClFN2O2/c18-14-6-7-15(17-13(14)5-2-8-20-17)23-10-16(22)21-12-4-1-3-11(19)9-12/h1-9H,10H2,(H,21,22). The number of rotatable bonds is 4. The molecule has 116 valence electrons. The molecule has 1 N–H and O–H groups in total. The number of benzene rings is 2. The van der Waals surface area contributed by atoms with E-state index in [0.717, 1.165) is 5.39 Å². The summed E-state index contributed by atoms with van der Waals surface area (Å²) >= 11 is 6.10. The third-order valence-corrected chi connectivity index (χ3v) is 3.48. The summed E-state index contributed by atoms with van der Waals surface area (Å²) in [6, 6.07) is 12.6. The van der Waals surface area contributed by atoms with Crippen molar-refractivity contribution >= 4 is 34.1 Å². The van der Waals surface area contributed by atoms with E-state index in [0.29, 0.717) is 22.0 Å². The summed E-state index contributed by atoms with van der Waals surface area (Å²) in [4.78, 5) is 16.1. The van der Waals surface area contributed by atoms with E-state index in [-0.39, 0.29) is 6.61 Å². The Morgan fingerprint density at radius 1 is 1.22 bits per heavy atom. The molecule has 1 amide bonds. The number of fused-ring (bicyclic) bond motifs is 1. The largest absolute Gasteiger partial charge is 0.481 e. The molecule has 1 heterocycles. The van der Waals surface area contributed by atoms with E-state index in [4.69, 9.17) is 16.3 Å². The second-order valence-corrected chi connectivity index (χ2v) is 5.20. The minimum atomic E-state index is -0.420. The lowest BCUT2D eigenvalue weighted by Gasteiger charge is -2.10. The zero-order valence-electron chi connectivity index (χ0n) is 11.9. The van der Waals surface area contributed by atoms with Crippen molar-refractivity contribution in [2.75, 3.05) is 11.9 Å². The van der Waals surface area contributed by atoms with Crippen molar-refractivity contribution in [3.63, 3.8) is 0 Å². The first-order chi connectivity index (χ1) is 11.1. The average molecular weight is 331 g/mol. The van der Waals surface area contributed by atoms with Crippen molar-refractivity contribution in [1.29, 1.82) is 0 Å². The summed E-state index contributed by atoms with van der Waals surface area (Å²) in [5.41, 5.74) is 0.955. The Morgan fingerprint density at radius 2 is 2.09 bits per heavy atom. The van der Waals surface area contributed by atoms with Crippen LogP contribution in [0.4, 0.5) is 10.1 Å². The van der Waals surface area contributed by atoms with Crippen molar-refractivity contribution in [1.82, 2.24) is 4.98 Å². The van der Waals surface area contributed by atoms with Crippen LogP contribution in [0.25, 0.3) is 10.9 Å². The second-order valence-electron chi connectivity index (χ2n) is 4.79. The predicted molar refractivity (Wildman–Crippen MR) is 87.3 cm³/mol. The number of amides is 1. The van der Waals surface area contributed by atoms with Gasteiger partial charge in [-0.1, -0.05) is 17.7 Å². The van der Waals surface area contributed by atoms with E-state index >= 15 is 0 Å². The van der Waals surface area contributed by atoms with Crippen LogP contribution in [0, 0.1) is 5.82 Å². The number of nitrogens with one attached hydrogen (secondary N) is 1. The molecule has 0 bridgehead atoms. The first-order valence-corrected chi connectivity index (χ1v) is 7.23. The molecule has 0 radical (unpaired) electrons. The lowest BCUT2D eigenvalue weighted by molar-refractivity contribution is -0.118. The zero-order valence-corrected chi connectivity index (χ0v) is 12.7. The zero-order chi connectivity index (χ0) is 16.2. The normalized spacial score (nSPS) is 10.5. The van der Waals surface area contributed by atoms with E-state index in [9.17, 15) is 9.18 Å². The number of hydrogen-bond acceptors (Lipinski definition) is 3. The van der Waals surface area contributed by atoms with Crippen LogP contribution in [0.2, 0.25) is 5.02 Å². The molecule has 3 aromatic rings. The fourth-order valence-corrected chi connectivity index (χ4v) is 2.35. The number of hydrogen-bond donors (Lipinski definition) is 1. The monoisotopic (exact) mass is 330 g/mol. The highest BCUT2D eigenvalue weighted by molar-refractivity contribution is 6.35. The fraction of sp³-hybridized carbons (Fsp3) is 0.0588. The van der Waals surface area contributed by atoms with Crippen molar-refractivity contribution in [3.05, 3.63) is 65.6 Å². The number of aromatic nitrogens is 1. The van der Waals surface area contributed by atoms with E-state index in [1.165, 1.54) is 18.2 Å². The molecule has 2 aromatic carbocycles. The van der Waals surface area contributed by atoms with Crippen LogP contribution in [0.3, 0.4) is 0 Å². The molecule has 0 aliphatic rings. The number of carbonyl (C=O) groups excluding carboxylic acids is 1. The van der Waals surface area contributed by atoms with Crippen molar-refractivity contribution < 1.29 is 13.9 Å². The maximum Gasteiger partial charge on any atom is 0.262 e. The highest BCUT2D eigenvalue weighted by Gasteiger charge is 2.09. The Labute approximate surface area is 136 Å². The number of nitrogens with zero attached hydrogens (tertiary/aromatic N) is 1. The van der Waals surface area contributed by atoms with Crippen molar-refractivity contribution in [2.45, 2.75) is 0 Å². The van der Waals surface area contributed by atoms with Crippen LogP contribution in [-0.4, -0.2) is 17.5 Å². The molecule has 23 heavy (non-hydrogen) atoms. The van der Waals surface area contributed by atoms with Crippen LogP contribution in [0.1, 0.15) is 0 Å². The van der Waals surface area contributed by atoms with Gasteiger partial charge in [-0.05, 0) is 42.5 Å². The average Bonchev–Trinajstić information content (AvgIpc) is 2.54. The summed E-state index contributed by atoms with van der Waals surface area (Å²) in [7, 11) is 0. The molecule has 0 aliphatic carbocycles. The maximum atomic E-state index is 13.1. The second kappa shape index (κ2) is 6.62. The number of halogens is 2. The third kappa shape index (κ3) is 3.57. The summed E-state index contributed by atoms with van der Waals surface area (Å²) < 4.78 is 18.6. The lowest BCUT2D eigenvalue weighted by atomic mass is 10.2. The predicted octanol–water partition coefficient (Wildman–Crippen LogP) is 4.04. The van der Waals surface area contributed by atoms with Gasteiger partial charge in [-0.15, -0.1) is 0 Å². The van der Waals surface area contributed by atoms with Gasteiger partial charge in [0.15, 0.2) is 6.61 Å². The number of anilines is 1. The van der Waals surface area contributed by atoms with Crippen LogP contribution in [0.15, 0.2) is 54.7 Å². The van der Waals surface area contributed by atoms with Gasteiger partial charge in [0.2, 0.25) is 0 Å². The third-order valence-electron chi connectivity index (χ3n) is 3.15. The Balaban J connectivity index is 1.71. The Kier molecular flexibility index (Phi) is 4.39. The number of ether oxygens (including phenoxy) is 1. The summed E-state index contributed by atoms with van der Waals surface area (Å²) in [5.74, 6) is -0.356. The van der Waals surface area contributed by atoms with Gasteiger partial charge in [-0.25, -0.2) is 4.39 Å². The van der Waals surface area contributed by atoms with Crippen LogP contribution in [0.5, 0.6) is 5.75 Å². The summed E-state index contributed by atoms with van der Waals surface area (Å²) in [6.45, 7) is -0.218. The highest BCUT2D eigenvalue weighted by atomic mass is 35.5. The Morgan fingerprint density at radius 3 is 2.91 bits per heavy atom. The van der Waals surface area contributed by atoms with Crippen LogP contribution in [-0.2, 0) is 4.79 Å². The van der Waals surface area contributed by atoms with Gasteiger partial charge < -0.3 is 10.1 Å². The molecule has 0 saturated heterocycles. The molecular weight excluding hydrogens is 319 g/mol. The van der Waals surface area contributed by atoms with Crippen molar-refractivity contribution in [2.24, 2.45) is 0 Å². The van der Waals surface area contributed by atoms with Gasteiger partial charge in [0.1, 0.15) is 17.1 Å². The number of pyridine rings is 1. The van der Waals surface area contributed by atoms with E-state index in [1.54, 1.807) is 30.5 Å². The molecule has 4 nitrogen and oxygen atoms in total. The fourth-order valence-electron chi connectivity index (χ4n) is 2.14. The van der Waals surface area contributed by atoms with Gasteiger partial charge >= 0.3 is 0 Å². The minimum Gasteiger partial charge on any atom is -0.481 e. The molecule has 1 aromatic heterocycles. The Bertz CT molecular complexity index is 870. The summed E-state index contributed by atoms with van der Waals surface area (Å²) in [5, 5.41) is 3.87. The molecular formula is C17H12ClFN2O2.